The number of hydrogen-bond donors (Lipinski definition) is 0. The molecule has 0 saturated heterocycles. The van der Waals surface area contributed by atoms with E-state index in [-0.39, 0.29) is 5.69 Å². The van der Waals surface area contributed by atoms with Gasteiger partial charge in [-0.25, -0.2) is 4.98 Å². The highest BCUT2D eigenvalue weighted by molar-refractivity contribution is 6.42. The molecule has 3 rings (SSSR count). The molecule has 0 aliphatic heterocycles. The molecule has 0 radical (unpaired) electrons. The van der Waals surface area contributed by atoms with Gasteiger partial charge in [0.15, 0.2) is 0 Å². The Morgan fingerprint density at radius 1 is 1.08 bits per heavy atom. The normalized spacial score (nSPS) is 10.8. The molecule has 0 saturated carbocycles. The average Bonchev–Trinajstić information content (AvgIpc) is 2.57. The summed E-state index contributed by atoms with van der Waals surface area (Å²) in [5, 5.41) is 12.6. The Balaban J connectivity index is 1.86. The lowest BCUT2D eigenvalue weighted by atomic mass is 10.2. The molecular formula is C17H13Cl2N3O2. The largest absolute Gasteiger partial charge is 0.355 e. The number of halogens is 2. The van der Waals surface area contributed by atoms with Crippen molar-refractivity contribution in [2.75, 3.05) is 11.9 Å². The van der Waals surface area contributed by atoms with E-state index in [0.717, 1.165) is 16.8 Å². The molecule has 7 heteroatoms. The minimum atomic E-state index is -0.413. The first-order chi connectivity index (χ1) is 11.4. The molecule has 1 aromatic heterocycles. The molecule has 2 aromatic carbocycles. The number of benzene rings is 2. The predicted molar refractivity (Wildman–Crippen MR) is 97.0 cm³/mol. The SMILES string of the molecule is CN(Cc1ccc(Cl)c(Cl)c1)c1ccc2cc([N+](=O)[O-])ccc2n1. The van der Waals surface area contributed by atoms with Gasteiger partial charge in [-0.15, -0.1) is 0 Å². The Hall–Kier alpha value is -2.37. The fourth-order valence-corrected chi connectivity index (χ4v) is 2.74. The Kier molecular flexibility index (Phi) is 4.55. The maximum Gasteiger partial charge on any atom is 0.270 e. The summed E-state index contributed by atoms with van der Waals surface area (Å²) in [6.07, 6.45) is 0. The number of fused-ring (bicyclic) bond motifs is 1. The van der Waals surface area contributed by atoms with Gasteiger partial charge in [0, 0.05) is 31.1 Å². The van der Waals surface area contributed by atoms with Crippen molar-refractivity contribution in [2.24, 2.45) is 0 Å². The number of hydrogen-bond acceptors (Lipinski definition) is 4. The molecule has 0 bridgehead atoms. The summed E-state index contributed by atoms with van der Waals surface area (Å²) >= 11 is 12.0. The second kappa shape index (κ2) is 6.63. The molecule has 122 valence electrons. The van der Waals surface area contributed by atoms with Crippen LogP contribution < -0.4 is 4.90 Å². The topological polar surface area (TPSA) is 59.3 Å². The minimum Gasteiger partial charge on any atom is -0.355 e. The van der Waals surface area contributed by atoms with Crippen LogP contribution in [0.3, 0.4) is 0 Å². The van der Waals surface area contributed by atoms with Gasteiger partial charge in [-0.3, -0.25) is 10.1 Å². The van der Waals surface area contributed by atoms with Crippen LogP contribution in [0.4, 0.5) is 11.5 Å². The molecule has 0 fully saturated rings. The van der Waals surface area contributed by atoms with E-state index in [1.165, 1.54) is 12.1 Å². The number of nitrogens with zero attached hydrogens (tertiary/aromatic N) is 3. The third-order valence-electron chi connectivity index (χ3n) is 3.66. The van der Waals surface area contributed by atoms with Crippen LogP contribution in [0.1, 0.15) is 5.56 Å². The van der Waals surface area contributed by atoms with E-state index in [4.69, 9.17) is 23.2 Å². The molecule has 1 heterocycles. The fourth-order valence-electron chi connectivity index (χ4n) is 2.42. The van der Waals surface area contributed by atoms with E-state index >= 15 is 0 Å². The molecule has 0 amide bonds. The van der Waals surface area contributed by atoms with E-state index in [2.05, 4.69) is 4.98 Å². The molecule has 0 aliphatic rings. The summed E-state index contributed by atoms with van der Waals surface area (Å²) in [6, 6.07) is 13.8. The summed E-state index contributed by atoms with van der Waals surface area (Å²) in [4.78, 5) is 16.9. The summed E-state index contributed by atoms with van der Waals surface area (Å²) in [5.74, 6) is 0.766. The Bertz CT molecular complexity index is 931. The molecule has 24 heavy (non-hydrogen) atoms. The highest BCUT2D eigenvalue weighted by Crippen LogP contribution is 2.25. The van der Waals surface area contributed by atoms with Crippen molar-refractivity contribution in [2.45, 2.75) is 6.54 Å². The molecule has 0 N–H and O–H groups in total. The summed E-state index contributed by atoms with van der Waals surface area (Å²) in [5.41, 5.74) is 1.78. The molecule has 0 unspecified atom stereocenters. The number of non-ortho nitro benzene ring substituents is 1. The zero-order valence-corrected chi connectivity index (χ0v) is 14.3. The van der Waals surface area contributed by atoms with Crippen molar-refractivity contribution in [3.63, 3.8) is 0 Å². The zero-order valence-electron chi connectivity index (χ0n) is 12.7. The highest BCUT2D eigenvalue weighted by atomic mass is 35.5. The maximum absolute atomic E-state index is 10.8. The Morgan fingerprint density at radius 3 is 2.58 bits per heavy atom. The number of pyridine rings is 1. The average molecular weight is 362 g/mol. The van der Waals surface area contributed by atoms with Crippen LogP contribution in [-0.4, -0.2) is 17.0 Å². The lowest BCUT2D eigenvalue weighted by molar-refractivity contribution is -0.384. The molecule has 5 nitrogen and oxygen atoms in total. The summed E-state index contributed by atoms with van der Waals surface area (Å²) in [7, 11) is 1.92. The number of nitro benzene ring substituents is 1. The summed E-state index contributed by atoms with van der Waals surface area (Å²) < 4.78 is 0. The number of rotatable bonds is 4. The van der Waals surface area contributed by atoms with Crippen molar-refractivity contribution < 1.29 is 4.92 Å². The minimum absolute atomic E-state index is 0.0567. The smallest absolute Gasteiger partial charge is 0.270 e. The molecule has 3 aromatic rings. The van der Waals surface area contributed by atoms with Gasteiger partial charge in [0.1, 0.15) is 5.82 Å². The lowest BCUT2D eigenvalue weighted by Crippen LogP contribution is -2.17. The van der Waals surface area contributed by atoms with E-state index in [9.17, 15) is 10.1 Å². The lowest BCUT2D eigenvalue weighted by Gasteiger charge is -2.19. The number of aromatic nitrogens is 1. The Morgan fingerprint density at radius 2 is 1.88 bits per heavy atom. The van der Waals surface area contributed by atoms with Gasteiger partial charge in [-0.05, 0) is 35.9 Å². The third-order valence-corrected chi connectivity index (χ3v) is 4.40. The van der Waals surface area contributed by atoms with Gasteiger partial charge >= 0.3 is 0 Å². The first-order valence-electron chi connectivity index (χ1n) is 7.14. The van der Waals surface area contributed by atoms with Crippen molar-refractivity contribution in [1.82, 2.24) is 4.98 Å². The van der Waals surface area contributed by atoms with Gasteiger partial charge in [0.05, 0.1) is 20.5 Å². The van der Waals surface area contributed by atoms with E-state index < -0.39 is 4.92 Å². The van der Waals surface area contributed by atoms with Crippen LogP contribution in [0.5, 0.6) is 0 Å². The maximum atomic E-state index is 10.8. The van der Waals surface area contributed by atoms with Gasteiger partial charge < -0.3 is 4.90 Å². The van der Waals surface area contributed by atoms with E-state index in [0.29, 0.717) is 22.1 Å². The van der Waals surface area contributed by atoms with E-state index in [1.807, 2.05) is 36.2 Å². The number of nitro groups is 1. The number of anilines is 1. The third kappa shape index (κ3) is 3.42. The van der Waals surface area contributed by atoms with Crippen molar-refractivity contribution in [3.8, 4) is 0 Å². The van der Waals surface area contributed by atoms with Crippen molar-refractivity contribution >= 4 is 45.6 Å². The van der Waals surface area contributed by atoms with E-state index in [1.54, 1.807) is 12.1 Å². The van der Waals surface area contributed by atoms with Crippen LogP contribution in [0, 0.1) is 10.1 Å². The van der Waals surface area contributed by atoms with Crippen molar-refractivity contribution in [3.05, 3.63) is 74.3 Å². The first kappa shape index (κ1) is 16.5. The molecular weight excluding hydrogens is 349 g/mol. The van der Waals surface area contributed by atoms with Gasteiger partial charge in [-0.2, -0.15) is 0 Å². The monoisotopic (exact) mass is 361 g/mol. The second-order valence-corrected chi connectivity index (χ2v) is 6.22. The zero-order chi connectivity index (χ0) is 17.3. The van der Waals surface area contributed by atoms with Gasteiger partial charge in [0.2, 0.25) is 0 Å². The van der Waals surface area contributed by atoms with Gasteiger partial charge in [-0.1, -0.05) is 29.3 Å². The van der Waals surface area contributed by atoms with Crippen LogP contribution in [0.2, 0.25) is 10.0 Å². The molecule has 0 atom stereocenters. The van der Waals surface area contributed by atoms with Crippen molar-refractivity contribution in [1.29, 1.82) is 0 Å². The van der Waals surface area contributed by atoms with Crippen LogP contribution >= 0.6 is 23.2 Å². The summed E-state index contributed by atoms with van der Waals surface area (Å²) in [6.45, 7) is 0.613. The Labute approximate surface area is 148 Å². The molecule has 0 aliphatic carbocycles. The molecule has 0 spiro atoms. The second-order valence-electron chi connectivity index (χ2n) is 5.41. The van der Waals surface area contributed by atoms with Crippen LogP contribution in [-0.2, 0) is 6.54 Å². The van der Waals surface area contributed by atoms with Crippen LogP contribution in [0.25, 0.3) is 10.9 Å². The highest BCUT2D eigenvalue weighted by Gasteiger charge is 2.10. The predicted octanol–water partition coefficient (Wildman–Crippen LogP) is 5.09. The first-order valence-corrected chi connectivity index (χ1v) is 7.90. The standard InChI is InChI=1S/C17H13Cl2N3O2/c1-21(10-11-2-5-14(18)15(19)8-11)17-7-3-12-9-13(22(23)24)4-6-16(12)20-17/h2-9H,10H2,1H3. The quantitative estimate of drug-likeness (QED) is 0.479. The fraction of sp³-hybridized carbons (Fsp3) is 0.118. The van der Waals surface area contributed by atoms with Crippen LogP contribution in [0.15, 0.2) is 48.5 Å². The van der Waals surface area contributed by atoms with Gasteiger partial charge in [0.25, 0.3) is 5.69 Å².